The molecule has 0 saturated heterocycles. The Hall–Kier alpha value is 0.0400. The lowest BCUT2D eigenvalue weighted by Gasteiger charge is -2.05. The first-order valence-corrected chi connectivity index (χ1v) is 5.65. The van der Waals surface area contributed by atoms with Gasteiger partial charge in [0, 0.05) is 9.99 Å². The third-order valence-electron chi connectivity index (χ3n) is 1.75. The maximum atomic E-state index is 9.48. The van der Waals surface area contributed by atoms with E-state index < -0.39 is 0 Å². The molecule has 0 spiro atoms. The van der Waals surface area contributed by atoms with E-state index in [0.717, 1.165) is 16.4 Å². The van der Waals surface area contributed by atoms with Gasteiger partial charge in [-0.3, -0.25) is 0 Å². The number of alkyl halides is 1. The van der Waals surface area contributed by atoms with Gasteiger partial charge in [-0.2, -0.15) is 0 Å². The summed E-state index contributed by atoms with van der Waals surface area (Å²) < 4.78 is 0.789. The summed E-state index contributed by atoms with van der Waals surface area (Å²) >= 11 is 8.03. The molecule has 1 N–H and O–H groups in total. The van der Waals surface area contributed by atoms with Gasteiger partial charge in [0.2, 0.25) is 0 Å². The number of hydrogen-bond donors (Lipinski definition) is 1. The summed E-state index contributed by atoms with van der Waals surface area (Å²) in [4.78, 5) is 0. The fraction of sp³-hybridized carbons (Fsp3) is 0.333. The van der Waals surface area contributed by atoms with Crippen molar-refractivity contribution in [3.63, 3.8) is 0 Å². The van der Waals surface area contributed by atoms with Crippen LogP contribution in [0, 0.1) is 0 Å². The van der Waals surface area contributed by atoms with Crippen LogP contribution in [-0.4, -0.2) is 5.11 Å². The number of benzene rings is 1. The Balaban J connectivity index is 3.19. The van der Waals surface area contributed by atoms with Crippen molar-refractivity contribution in [2.75, 3.05) is 0 Å². The van der Waals surface area contributed by atoms with E-state index in [1.807, 2.05) is 12.1 Å². The quantitative estimate of drug-likeness (QED) is 0.654. The van der Waals surface area contributed by atoms with Crippen molar-refractivity contribution in [2.24, 2.45) is 0 Å². The number of aryl methyl sites for hydroxylation is 1. The van der Waals surface area contributed by atoms with Gasteiger partial charge in [-0.05, 0) is 18.1 Å². The Morgan fingerprint density at radius 2 is 2.17 bits per heavy atom. The van der Waals surface area contributed by atoms with E-state index in [0.29, 0.717) is 5.02 Å². The van der Waals surface area contributed by atoms with Crippen molar-refractivity contribution in [1.29, 1.82) is 0 Å². The van der Waals surface area contributed by atoms with Gasteiger partial charge in [-0.1, -0.05) is 47.2 Å². The van der Waals surface area contributed by atoms with E-state index in [1.54, 1.807) is 0 Å². The Morgan fingerprint density at radius 3 is 2.67 bits per heavy atom. The molecule has 0 radical (unpaired) electrons. The highest BCUT2D eigenvalue weighted by Crippen LogP contribution is 2.30. The van der Waals surface area contributed by atoms with Crippen LogP contribution in [0.4, 0.5) is 0 Å². The van der Waals surface area contributed by atoms with Crippen molar-refractivity contribution in [2.45, 2.75) is 17.8 Å². The smallest absolute Gasteiger partial charge is 0.138 e. The number of phenolic OH excluding ortho intramolecular Hbond substituents is 1. The van der Waals surface area contributed by atoms with Crippen LogP contribution in [0.3, 0.4) is 0 Å². The number of hydrogen-bond acceptors (Lipinski definition) is 1. The minimum absolute atomic E-state index is 0.225. The predicted octanol–water partition coefficient (Wildman–Crippen LogP) is 3.54. The van der Waals surface area contributed by atoms with Gasteiger partial charge in [0.25, 0.3) is 0 Å². The van der Waals surface area contributed by atoms with Crippen molar-refractivity contribution in [1.82, 2.24) is 0 Å². The zero-order chi connectivity index (χ0) is 9.14. The molecule has 0 aromatic heterocycles. The number of halogens is 2. The summed E-state index contributed by atoms with van der Waals surface area (Å²) in [7, 11) is 0. The summed E-state index contributed by atoms with van der Waals surface area (Å²) in [5.74, 6) is 0.225. The zero-order valence-corrected chi connectivity index (χ0v) is 9.69. The normalized spacial score (nSPS) is 10.2. The molecule has 0 fully saturated rings. The first kappa shape index (κ1) is 10.1. The van der Waals surface area contributed by atoms with E-state index in [-0.39, 0.29) is 5.75 Å². The number of phenols is 1. The second kappa shape index (κ2) is 4.33. The molecular formula is C9H10ClIO. The number of rotatable bonds is 2. The summed E-state index contributed by atoms with van der Waals surface area (Å²) in [6, 6.07) is 3.81. The molecular weight excluding hydrogens is 286 g/mol. The molecule has 66 valence electrons. The van der Waals surface area contributed by atoms with Crippen molar-refractivity contribution in [3.8, 4) is 5.75 Å². The molecule has 3 heteroatoms. The molecule has 1 rings (SSSR count). The lowest BCUT2D eigenvalue weighted by atomic mass is 10.1. The Kier molecular flexibility index (Phi) is 3.65. The average Bonchev–Trinajstić information content (AvgIpc) is 2.09. The SMILES string of the molecule is CCc1cc(Cl)c(O)c(CI)c1. The standard InChI is InChI=1S/C9H10ClIO/c1-2-6-3-7(5-11)9(12)8(10)4-6/h3-4,12H,2,5H2,1H3. The van der Waals surface area contributed by atoms with Gasteiger partial charge in [-0.25, -0.2) is 0 Å². The van der Waals surface area contributed by atoms with Crippen LogP contribution in [-0.2, 0) is 10.8 Å². The summed E-state index contributed by atoms with van der Waals surface area (Å²) in [6.07, 6.45) is 0.948. The highest BCUT2D eigenvalue weighted by Gasteiger charge is 2.05. The molecule has 0 unspecified atom stereocenters. The van der Waals surface area contributed by atoms with Gasteiger partial charge < -0.3 is 5.11 Å². The number of aromatic hydroxyl groups is 1. The van der Waals surface area contributed by atoms with Crippen LogP contribution in [0.1, 0.15) is 18.1 Å². The Labute approximate surface area is 90.9 Å². The maximum absolute atomic E-state index is 9.48. The predicted molar refractivity (Wildman–Crippen MR) is 60.2 cm³/mol. The lowest BCUT2D eigenvalue weighted by molar-refractivity contribution is 0.471. The maximum Gasteiger partial charge on any atom is 0.138 e. The molecule has 0 bridgehead atoms. The first-order chi connectivity index (χ1) is 5.69. The molecule has 1 nitrogen and oxygen atoms in total. The molecule has 12 heavy (non-hydrogen) atoms. The Bertz CT molecular complexity index is 286. The Morgan fingerprint density at radius 1 is 1.50 bits per heavy atom. The summed E-state index contributed by atoms with van der Waals surface area (Å²) in [5, 5.41) is 9.94. The summed E-state index contributed by atoms with van der Waals surface area (Å²) in [5.41, 5.74) is 2.09. The molecule has 0 heterocycles. The largest absolute Gasteiger partial charge is 0.506 e. The topological polar surface area (TPSA) is 20.2 Å². The van der Waals surface area contributed by atoms with Gasteiger partial charge in [0.1, 0.15) is 5.75 Å². The lowest BCUT2D eigenvalue weighted by Crippen LogP contribution is -1.86. The second-order valence-electron chi connectivity index (χ2n) is 2.57. The first-order valence-electron chi connectivity index (χ1n) is 3.75. The van der Waals surface area contributed by atoms with E-state index in [1.165, 1.54) is 5.56 Å². The second-order valence-corrected chi connectivity index (χ2v) is 3.74. The van der Waals surface area contributed by atoms with Crippen molar-refractivity contribution < 1.29 is 5.11 Å². The average molecular weight is 297 g/mol. The van der Waals surface area contributed by atoms with E-state index >= 15 is 0 Å². The third kappa shape index (κ3) is 2.04. The fourth-order valence-corrected chi connectivity index (χ4v) is 1.87. The van der Waals surface area contributed by atoms with Crippen LogP contribution in [0.5, 0.6) is 5.75 Å². The van der Waals surface area contributed by atoms with E-state index in [4.69, 9.17) is 11.6 Å². The monoisotopic (exact) mass is 296 g/mol. The van der Waals surface area contributed by atoms with E-state index in [9.17, 15) is 5.11 Å². The minimum Gasteiger partial charge on any atom is -0.506 e. The highest BCUT2D eigenvalue weighted by atomic mass is 127. The molecule has 0 aliphatic carbocycles. The minimum atomic E-state index is 0.225. The van der Waals surface area contributed by atoms with Gasteiger partial charge >= 0.3 is 0 Å². The molecule has 0 amide bonds. The molecule has 0 aliphatic heterocycles. The molecule has 1 aromatic carbocycles. The van der Waals surface area contributed by atoms with Gasteiger partial charge in [0.05, 0.1) is 5.02 Å². The highest BCUT2D eigenvalue weighted by molar-refractivity contribution is 14.1. The molecule has 0 aliphatic rings. The molecule has 0 atom stereocenters. The van der Waals surface area contributed by atoms with Crippen molar-refractivity contribution in [3.05, 3.63) is 28.3 Å². The van der Waals surface area contributed by atoms with Crippen LogP contribution in [0.2, 0.25) is 5.02 Å². The van der Waals surface area contributed by atoms with Crippen LogP contribution >= 0.6 is 34.2 Å². The fourth-order valence-electron chi connectivity index (χ4n) is 1.02. The van der Waals surface area contributed by atoms with Gasteiger partial charge in [0.15, 0.2) is 0 Å². The summed E-state index contributed by atoms with van der Waals surface area (Å²) in [6.45, 7) is 2.07. The molecule has 1 aromatic rings. The van der Waals surface area contributed by atoms with E-state index in [2.05, 4.69) is 29.5 Å². The van der Waals surface area contributed by atoms with Crippen LogP contribution < -0.4 is 0 Å². The van der Waals surface area contributed by atoms with Crippen LogP contribution in [0.25, 0.3) is 0 Å². The molecule has 0 saturated carbocycles. The zero-order valence-electron chi connectivity index (χ0n) is 6.77. The van der Waals surface area contributed by atoms with Gasteiger partial charge in [-0.15, -0.1) is 0 Å². The van der Waals surface area contributed by atoms with Crippen molar-refractivity contribution >= 4 is 34.2 Å². The third-order valence-corrected chi connectivity index (χ3v) is 2.86. The van der Waals surface area contributed by atoms with Crippen LogP contribution in [0.15, 0.2) is 12.1 Å².